The van der Waals surface area contributed by atoms with Crippen molar-refractivity contribution in [3.8, 4) is 41.2 Å². The number of aromatic hydroxyl groups is 1. The minimum absolute atomic E-state index is 0.0148. The quantitative estimate of drug-likeness (QED) is 0.140. The molecule has 0 unspecified atom stereocenters. The Morgan fingerprint density at radius 3 is 2.46 bits per heavy atom. The Hall–Kier alpha value is -4.48. The molecule has 2 aromatic carbocycles. The van der Waals surface area contributed by atoms with Gasteiger partial charge in [-0.3, -0.25) is 4.90 Å². The third-order valence-corrected chi connectivity index (χ3v) is 12.2. The molecule has 2 N–H and O–H groups in total. The third kappa shape index (κ3) is 6.13. The number of hydrogen-bond acceptors (Lipinski definition) is 9. The number of benzene rings is 2. The van der Waals surface area contributed by atoms with Crippen molar-refractivity contribution in [2.45, 2.75) is 82.5 Å². The Morgan fingerprint density at radius 1 is 1.00 bits per heavy atom. The molecule has 8 rings (SSSR count). The molecule has 4 aromatic rings. The number of rotatable bonds is 8. The smallest absolute Gasteiger partial charge is 0.395 e. The highest BCUT2D eigenvalue weighted by molar-refractivity contribution is 6.04. The van der Waals surface area contributed by atoms with E-state index in [1.807, 2.05) is 9.80 Å². The molecule has 2 aromatic heterocycles. The monoisotopic (exact) mass is 751 g/mol. The molecule has 2 saturated heterocycles. The molecule has 54 heavy (non-hydrogen) atoms. The first-order chi connectivity index (χ1) is 25.7. The Balaban J connectivity index is 1.24. The number of aliphatic hydroxyl groups is 1. The van der Waals surface area contributed by atoms with Gasteiger partial charge in [-0.05, 0) is 88.4 Å². The number of halogens is 5. The highest BCUT2D eigenvalue weighted by Crippen LogP contribution is 2.59. The maximum atomic E-state index is 17.2. The van der Waals surface area contributed by atoms with Gasteiger partial charge in [-0.25, -0.2) is 13.8 Å². The van der Waals surface area contributed by atoms with Crippen molar-refractivity contribution >= 4 is 27.5 Å². The number of piperidine rings is 2. The van der Waals surface area contributed by atoms with Crippen molar-refractivity contribution in [2.75, 3.05) is 44.8 Å². The largest absolute Gasteiger partial charge is 0.508 e. The third-order valence-electron chi connectivity index (χ3n) is 12.2. The zero-order valence-corrected chi connectivity index (χ0v) is 30.2. The SMILES string of the molecule is C#Cc1c(F)ccc2cc(O)cc(-c3nc(OC)c4c(N5CCC[C@@](C)(O)C5)nc(OC[C@]56CCC[C@H]5N(CC5(C(F)(F)F)CC5)CCC6)nc4c3F)c12. The number of aromatic nitrogens is 3. The minimum Gasteiger partial charge on any atom is -0.508 e. The first kappa shape index (κ1) is 36.5. The summed E-state index contributed by atoms with van der Waals surface area (Å²) in [4.78, 5) is 17.7. The highest BCUT2D eigenvalue weighted by Gasteiger charge is 2.64. The Morgan fingerprint density at radius 2 is 1.76 bits per heavy atom. The zero-order chi connectivity index (χ0) is 38.2. The number of β-amino-alcohol motifs (C(OH)–C–C–N with tert-alkyl or cyclic N) is 1. The molecule has 4 fully saturated rings. The summed E-state index contributed by atoms with van der Waals surface area (Å²) in [6.45, 7) is 3.03. The van der Waals surface area contributed by atoms with Gasteiger partial charge < -0.3 is 24.6 Å². The minimum atomic E-state index is -4.25. The van der Waals surface area contributed by atoms with Crippen LogP contribution in [0.4, 0.5) is 27.8 Å². The molecule has 2 aliphatic heterocycles. The fourth-order valence-electron chi connectivity index (χ4n) is 9.36. The summed E-state index contributed by atoms with van der Waals surface area (Å²) in [6.07, 6.45) is 6.74. The van der Waals surface area contributed by atoms with E-state index in [4.69, 9.17) is 20.9 Å². The summed E-state index contributed by atoms with van der Waals surface area (Å²) in [5.41, 5.74) is -3.82. The van der Waals surface area contributed by atoms with Gasteiger partial charge in [0.25, 0.3) is 0 Å². The van der Waals surface area contributed by atoms with E-state index in [0.717, 1.165) is 32.1 Å². The lowest BCUT2D eigenvalue weighted by molar-refractivity contribution is -0.196. The number of hydrogen-bond donors (Lipinski definition) is 2. The van der Waals surface area contributed by atoms with Crippen LogP contribution >= 0.6 is 0 Å². The number of terminal acetylenes is 1. The summed E-state index contributed by atoms with van der Waals surface area (Å²) < 4.78 is 86.5. The number of anilines is 1. The molecule has 4 aliphatic rings. The number of ether oxygens (including phenoxy) is 2. The molecular formula is C40H42F5N5O4. The number of phenolic OH excluding ortho intramolecular Hbond substituents is 1. The van der Waals surface area contributed by atoms with Crippen LogP contribution in [0.25, 0.3) is 32.9 Å². The van der Waals surface area contributed by atoms with Crippen LogP contribution in [0.5, 0.6) is 17.6 Å². The second kappa shape index (κ2) is 13.1. The van der Waals surface area contributed by atoms with Gasteiger partial charge in [0.05, 0.1) is 30.3 Å². The molecule has 286 valence electrons. The number of phenols is 1. The first-order valence-electron chi connectivity index (χ1n) is 18.5. The van der Waals surface area contributed by atoms with Crippen molar-refractivity contribution in [3.05, 3.63) is 41.5 Å². The standard InChI is InChI=1S/C40H42F5N5O4/c1-4-25-27(41)10-9-23-18-24(51)19-26(29(23)25)32-31(42)33-30(35(46-32)53-3)34(50-17-6-11-37(2,52)20-50)48-36(47-33)54-22-38-12-5-8-28(38)49(16-7-13-38)21-39(14-15-39)40(43,44)45/h1,9-10,18-19,28,51-52H,5-8,11-17,20-22H2,2-3H3/t28-,37-,38-/m1/s1. The van der Waals surface area contributed by atoms with Crippen LogP contribution in [0.3, 0.4) is 0 Å². The predicted molar refractivity (Wildman–Crippen MR) is 193 cm³/mol. The van der Waals surface area contributed by atoms with Gasteiger partial charge in [0.1, 0.15) is 34.0 Å². The molecule has 14 heteroatoms. The number of methoxy groups -OCH3 is 1. The maximum absolute atomic E-state index is 17.2. The number of pyridine rings is 1. The normalized spacial score (nSPS) is 25.5. The van der Waals surface area contributed by atoms with E-state index in [2.05, 4.69) is 15.9 Å². The lowest BCUT2D eigenvalue weighted by atomic mass is 9.75. The van der Waals surface area contributed by atoms with Crippen LogP contribution < -0.4 is 14.4 Å². The molecule has 2 aliphatic carbocycles. The van der Waals surface area contributed by atoms with Gasteiger partial charge in [-0.15, -0.1) is 6.42 Å². The number of alkyl halides is 3. The molecule has 0 radical (unpaired) electrons. The van der Waals surface area contributed by atoms with Gasteiger partial charge in [-0.2, -0.15) is 23.1 Å². The van der Waals surface area contributed by atoms with Gasteiger partial charge in [0.2, 0.25) is 5.88 Å². The topological polar surface area (TPSA) is 104 Å². The van der Waals surface area contributed by atoms with E-state index in [0.29, 0.717) is 31.3 Å². The van der Waals surface area contributed by atoms with Crippen LogP contribution in [-0.2, 0) is 0 Å². The van der Waals surface area contributed by atoms with E-state index < -0.39 is 34.2 Å². The zero-order valence-electron chi connectivity index (χ0n) is 30.2. The number of fused-ring (bicyclic) bond motifs is 3. The van der Waals surface area contributed by atoms with Gasteiger partial charge in [-0.1, -0.05) is 18.4 Å². The van der Waals surface area contributed by atoms with Crippen LogP contribution in [0.2, 0.25) is 0 Å². The highest BCUT2D eigenvalue weighted by atomic mass is 19.4. The van der Waals surface area contributed by atoms with E-state index in [1.54, 1.807) is 6.92 Å². The molecule has 0 amide bonds. The second-order valence-corrected chi connectivity index (χ2v) is 15.9. The Bertz CT molecular complexity index is 2180. The fraction of sp³-hybridized carbons (Fsp3) is 0.525. The summed E-state index contributed by atoms with van der Waals surface area (Å²) in [5.74, 6) is 0.647. The Kier molecular flexibility index (Phi) is 8.84. The fourth-order valence-corrected chi connectivity index (χ4v) is 9.36. The van der Waals surface area contributed by atoms with E-state index >= 15 is 8.78 Å². The van der Waals surface area contributed by atoms with Gasteiger partial charge >= 0.3 is 12.2 Å². The first-order valence-corrected chi connectivity index (χ1v) is 18.5. The van der Waals surface area contributed by atoms with Crippen molar-refractivity contribution in [2.24, 2.45) is 10.8 Å². The maximum Gasteiger partial charge on any atom is 0.395 e. The van der Waals surface area contributed by atoms with Crippen LogP contribution in [0, 0.1) is 34.8 Å². The number of likely N-dealkylation sites (tertiary alicyclic amines) is 1. The molecule has 9 nitrogen and oxygen atoms in total. The average molecular weight is 752 g/mol. The van der Waals surface area contributed by atoms with Crippen molar-refractivity contribution < 1.29 is 41.6 Å². The molecule has 0 bridgehead atoms. The van der Waals surface area contributed by atoms with E-state index in [9.17, 15) is 23.4 Å². The van der Waals surface area contributed by atoms with Crippen LogP contribution in [-0.4, -0.2) is 87.8 Å². The van der Waals surface area contributed by atoms with Crippen LogP contribution in [0.15, 0.2) is 24.3 Å². The molecule has 3 atom stereocenters. The predicted octanol–water partition coefficient (Wildman–Crippen LogP) is 7.53. The summed E-state index contributed by atoms with van der Waals surface area (Å²) in [5, 5.41) is 22.4. The molecule has 4 heterocycles. The van der Waals surface area contributed by atoms with Crippen molar-refractivity contribution in [1.29, 1.82) is 0 Å². The molecule has 2 saturated carbocycles. The number of nitrogens with zero attached hydrogens (tertiary/aromatic N) is 5. The lowest BCUT2D eigenvalue weighted by Gasteiger charge is -2.47. The van der Waals surface area contributed by atoms with Gasteiger partial charge in [0.15, 0.2) is 5.82 Å². The molecular weight excluding hydrogens is 709 g/mol. The lowest BCUT2D eigenvalue weighted by Crippen LogP contribution is -2.54. The Labute approximate surface area is 309 Å². The van der Waals surface area contributed by atoms with Gasteiger partial charge in [0, 0.05) is 42.0 Å². The van der Waals surface area contributed by atoms with Crippen LogP contribution in [0.1, 0.15) is 70.3 Å². The van der Waals surface area contributed by atoms with Crippen molar-refractivity contribution in [1.82, 2.24) is 19.9 Å². The van der Waals surface area contributed by atoms with E-state index in [-0.39, 0.29) is 95.1 Å². The molecule has 0 spiro atoms. The summed E-state index contributed by atoms with van der Waals surface area (Å²) in [7, 11) is 1.36. The average Bonchev–Trinajstić information content (AvgIpc) is 3.80. The van der Waals surface area contributed by atoms with E-state index in [1.165, 1.54) is 31.4 Å². The summed E-state index contributed by atoms with van der Waals surface area (Å²) >= 11 is 0. The summed E-state index contributed by atoms with van der Waals surface area (Å²) in [6, 6.07) is 4.97. The second-order valence-electron chi connectivity index (χ2n) is 15.9. The van der Waals surface area contributed by atoms with Crippen molar-refractivity contribution in [3.63, 3.8) is 0 Å².